The normalized spacial score (nSPS) is 14.0. The second kappa shape index (κ2) is 8.98. The van der Waals surface area contributed by atoms with E-state index < -0.39 is 11.5 Å². The summed E-state index contributed by atoms with van der Waals surface area (Å²) in [4.78, 5) is 33.9. The SMILES string of the molecule is CON=CCc1c(C(=O)OC2=CCCCC2)c(=O)nc(-c2ccccc2)n1O. The molecule has 0 saturated carbocycles. The standard InChI is InChI=1S/C20H21N3O5/c1-27-21-13-12-16-17(20(25)28-15-10-6-3-7-11-15)19(24)22-18(23(16)26)14-8-4-2-5-9-14/h2,4-5,8-10,13,26H,3,6-7,11-12H2,1H3. The van der Waals surface area contributed by atoms with E-state index in [2.05, 4.69) is 15.0 Å². The maximum Gasteiger partial charge on any atom is 0.350 e. The fraction of sp³-hybridized carbons (Fsp3) is 0.300. The van der Waals surface area contributed by atoms with Gasteiger partial charge in [-0.3, -0.25) is 4.79 Å². The zero-order valence-electron chi connectivity index (χ0n) is 15.5. The van der Waals surface area contributed by atoms with Crippen molar-refractivity contribution in [1.29, 1.82) is 0 Å². The summed E-state index contributed by atoms with van der Waals surface area (Å²) >= 11 is 0. The Morgan fingerprint density at radius 3 is 2.79 bits per heavy atom. The van der Waals surface area contributed by atoms with Crippen LogP contribution in [-0.4, -0.2) is 34.2 Å². The van der Waals surface area contributed by atoms with E-state index in [-0.39, 0.29) is 23.5 Å². The van der Waals surface area contributed by atoms with Crippen LogP contribution in [0.4, 0.5) is 0 Å². The molecular weight excluding hydrogens is 362 g/mol. The number of esters is 1. The van der Waals surface area contributed by atoms with Gasteiger partial charge in [0.25, 0.3) is 5.56 Å². The summed E-state index contributed by atoms with van der Waals surface area (Å²) in [6.07, 6.45) is 6.58. The van der Waals surface area contributed by atoms with Crippen LogP contribution in [0.15, 0.2) is 52.1 Å². The van der Waals surface area contributed by atoms with E-state index in [9.17, 15) is 14.8 Å². The average molecular weight is 383 g/mol. The van der Waals surface area contributed by atoms with E-state index in [0.29, 0.717) is 17.7 Å². The first-order valence-electron chi connectivity index (χ1n) is 8.98. The molecule has 0 unspecified atom stereocenters. The molecule has 28 heavy (non-hydrogen) atoms. The van der Waals surface area contributed by atoms with Gasteiger partial charge in [0.2, 0.25) is 0 Å². The van der Waals surface area contributed by atoms with Crippen molar-refractivity contribution >= 4 is 12.2 Å². The van der Waals surface area contributed by atoms with Crippen LogP contribution in [0.2, 0.25) is 0 Å². The topological polar surface area (TPSA) is 103 Å². The van der Waals surface area contributed by atoms with Crippen molar-refractivity contribution < 1.29 is 19.6 Å². The summed E-state index contributed by atoms with van der Waals surface area (Å²) in [6, 6.07) is 8.72. The van der Waals surface area contributed by atoms with Crippen molar-refractivity contribution in [2.45, 2.75) is 32.1 Å². The maximum absolute atomic E-state index is 12.7. The van der Waals surface area contributed by atoms with Crippen LogP contribution in [0.3, 0.4) is 0 Å². The minimum atomic E-state index is -0.839. The summed E-state index contributed by atoms with van der Waals surface area (Å²) in [5.74, 6) is -0.280. The molecule has 1 heterocycles. The lowest BCUT2D eigenvalue weighted by atomic mass is 10.1. The summed E-state index contributed by atoms with van der Waals surface area (Å²) in [5.41, 5.74) is -0.536. The molecule has 2 aromatic rings. The molecule has 8 heteroatoms. The van der Waals surface area contributed by atoms with Gasteiger partial charge in [-0.05, 0) is 25.3 Å². The molecule has 0 amide bonds. The number of ether oxygens (including phenoxy) is 1. The van der Waals surface area contributed by atoms with Crippen LogP contribution in [0.5, 0.6) is 0 Å². The van der Waals surface area contributed by atoms with Crippen LogP contribution in [-0.2, 0) is 16.0 Å². The zero-order chi connectivity index (χ0) is 19.9. The zero-order valence-corrected chi connectivity index (χ0v) is 15.5. The number of carbonyl (C=O) groups is 1. The van der Waals surface area contributed by atoms with Gasteiger partial charge in [-0.2, -0.15) is 9.71 Å². The van der Waals surface area contributed by atoms with E-state index in [0.717, 1.165) is 24.0 Å². The van der Waals surface area contributed by atoms with Gasteiger partial charge in [-0.1, -0.05) is 35.5 Å². The highest BCUT2D eigenvalue weighted by atomic mass is 16.6. The Labute approximate surface area is 161 Å². The fourth-order valence-electron chi connectivity index (χ4n) is 2.99. The lowest BCUT2D eigenvalue weighted by Crippen LogP contribution is -2.28. The number of oxime groups is 1. The van der Waals surface area contributed by atoms with Crippen LogP contribution < -0.4 is 5.56 Å². The Morgan fingerprint density at radius 2 is 2.11 bits per heavy atom. The second-order valence-corrected chi connectivity index (χ2v) is 6.22. The molecule has 0 atom stereocenters. The first kappa shape index (κ1) is 19.3. The molecule has 0 fully saturated rings. The lowest BCUT2D eigenvalue weighted by Gasteiger charge is -2.16. The number of hydrogen-bond acceptors (Lipinski definition) is 7. The van der Waals surface area contributed by atoms with Gasteiger partial charge in [0.05, 0.1) is 5.69 Å². The summed E-state index contributed by atoms with van der Waals surface area (Å²) in [6.45, 7) is 0. The summed E-state index contributed by atoms with van der Waals surface area (Å²) in [5, 5.41) is 14.3. The van der Waals surface area contributed by atoms with Crippen molar-refractivity contribution in [3.8, 4) is 11.4 Å². The largest absolute Gasteiger partial charge is 0.428 e. The fourth-order valence-corrected chi connectivity index (χ4v) is 2.99. The number of carbonyl (C=O) groups excluding carboxylic acids is 1. The predicted octanol–water partition coefficient (Wildman–Crippen LogP) is 2.94. The summed E-state index contributed by atoms with van der Waals surface area (Å²) < 4.78 is 6.11. The van der Waals surface area contributed by atoms with Crippen molar-refractivity contribution in [3.63, 3.8) is 0 Å². The number of allylic oxidation sites excluding steroid dienone is 2. The number of aromatic nitrogens is 2. The minimum Gasteiger partial charge on any atom is -0.428 e. The van der Waals surface area contributed by atoms with E-state index in [4.69, 9.17) is 4.74 Å². The Morgan fingerprint density at radius 1 is 1.32 bits per heavy atom. The lowest BCUT2D eigenvalue weighted by molar-refractivity contribution is 0.0598. The minimum absolute atomic E-state index is 0.0224. The predicted molar refractivity (Wildman–Crippen MR) is 102 cm³/mol. The van der Waals surface area contributed by atoms with Gasteiger partial charge in [0.1, 0.15) is 12.9 Å². The third-order valence-electron chi connectivity index (χ3n) is 4.34. The smallest absolute Gasteiger partial charge is 0.350 e. The highest BCUT2D eigenvalue weighted by molar-refractivity contribution is 5.92. The van der Waals surface area contributed by atoms with Crippen molar-refractivity contribution in [2.75, 3.05) is 7.11 Å². The molecule has 0 aliphatic heterocycles. The molecule has 3 rings (SSSR count). The average Bonchev–Trinajstić information content (AvgIpc) is 2.71. The van der Waals surface area contributed by atoms with Crippen LogP contribution in [0.1, 0.15) is 41.7 Å². The first-order chi connectivity index (χ1) is 13.6. The molecule has 1 aromatic heterocycles. The molecule has 1 aliphatic rings. The van der Waals surface area contributed by atoms with Crippen LogP contribution in [0, 0.1) is 0 Å². The van der Waals surface area contributed by atoms with Crippen molar-refractivity contribution in [1.82, 2.24) is 9.71 Å². The third kappa shape index (κ3) is 4.28. The number of benzene rings is 1. The Balaban J connectivity index is 2.06. The molecular formula is C20H21N3O5. The molecule has 1 N–H and O–H groups in total. The Bertz CT molecular complexity index is 964. The van der Waals surface area contributed by atoms with Gasteiger partial charge in [-0.15, -0.1) is 0 Å². The Hall–Kier alpha value is -3.42. The molecule has 8 nitrogen and oxygen atoms in total. The molecule has 0 radical (unpaired) electrons. The number of rotatable bonds is 6. The molecule has 0 spiro atoms. The van der Waals surface area contributed by atoms with Gasteiger partial charge < -0.3 is 14.8 Å². The van der Waals surface area contributed by atoms with Crippen molar-refractivity contribution in [2.24, 2.45) is 5.16 Å². The number of nitrogens with zero attached hydrogens (tertiary/aromatic N) is 3. The summed E-state index contributed by atoms with van der Waals surface area (Å²) in [7, 11) is 1.37. The van der Waals surface area contributed by atoms with Gasteiger partial charge >= 0.3 is 5.97 Å². The number of hydrogen-bond donors (Lipinski definition) is 1. The molecule has 1 aromatic carbocycles. The van der Waals surface area contributed by atoms with Crippen LogP contribution in [0.25, 0.3) is 11.4 Å². The molecule has 1 aliphatic carbocycles. The van der Waals surface area contributed by atoms with E-state index in [1.807, 2.05) is 6.08 Å². The molecule has 0 saturated heterocycles. The third-order valence-corrected chi connectivity index (χ3v) is 4.34. The molecule has 0 bridgehead atoms. The van der Waals surface area contributed by atoms with Crippen LogP contribution >= 0.6 is 0 Å². The monoisotopic (exact) mass is 383 g/mol. The van der Waals surface area contributed by atoms with Crippen molar-refractivity contribution in [3.05, 3.63) is 63.8 Å². The van der Waals surface area contributed by atoms with E-state index >= 15 is 0 Å². The maximum atomic E-state index is 12.7. The van der Waals surface area contributed by atoms with E-state index in [1.165, 1.54) is 13.3 Å². The highest BCUT2D eigenvalue weighted by Gasteiger charge is 2.25. The Kier molecular flexibility index (Phi) is 6.21. The quantitative estimate of drug-likeness (QED) is 0.356. The molecule has 146 valence electrons. The highest BCUT2D eigenvalue weighted by Crippen LogP contribution is 2.21. The van der Waals surface area contributed by atoms with Gasteiger partial charge in [0, 0.05) is 24.6 Å². The van der Waals surface area contributed by atoms with E-state index in [1.54, 1.807) is 30.3 Å². The second-order valence-electron chi connectivity index (χ2n) is 6.22. The van der Waals surface area contributed by atoms with Gasteiger partial charge in [0.15, 0.2) is 11.4 Å². The first-order valence-corrected chi connectivity index (χ1v) is 8.98. The van der Waals surface area contributed by atoms with Gasteiger partial charge in [-0.25, -0.2) is 4.79 Å².